The highest BCUT2D eigenvalue weighted by atomic mass is 16.7. The number of benzene rings is 1. The van der Waals surface area contributed by atoms with Gasteiger partial charge in [0.05, 0.1) is 20.8 Å². The average Bonchev–Trinajstić information content (AvgIpc) is 3.42. The van der Waals surface area contributed by atoms with E-state index in [9.17, 15) is 15.3 Å². The molecule has 0 fully saturated rings. The predicted molar refractivity (Wildman–Crippen MR) is 102 cm³/mol. The van der Waals surface area contributed by atoms with Gasteiger partial charge in [-0.2, -0.15) is 10.5 Å². The lowest BCUT2D eigenvalue weighted by atomic mass is 9.94. The van der Waals surface area contributed by atoms with E-state index in [1.807, 2.05) is 12.1 Å². The van der Waals surface area contributed by atoms with Crippen molar-refractivity contribution in [2.45, 2.75) is 25.9 Å². The van der Waals surface area contributed by atoms with Gasteiger partial charge in [-0.05, 0) is 13.0 Å². The Morgan fingerprint density at radius 2 is 1.87 bits per heavy atom. The summed E-state index contributed by atoms with van der Waals surface area (Å²) in [6.07, 6.45) is 1.35. The van der Waals surface area contributed by atoms with E-state index in [0.29, 0.717) is 34.1 Å². The third kappa shape index (κ3) is 3.80. The maximum atomic E-state index is 11.9. The minimum absolute atomic E-state index is 0.0337. The Labute approximate surface area is 172 Å². The lowest BCUT2D eigenvalue weighted by Gasteiger charge is -2.19. The zero-order chi connectivity index (χ0) is 21.7. The van der Waals surface area contributed by atoms with Crippen molar-refractivity contribution in [2.24, 2.45) is 5.16 Å². The smallest absolute Gasteiger partial charge is 0.356 e. The molecule has 2 heterocycles. The van der Waals surface area contributed by atoms with Gasteiger partial charge in [-0.3, -0.25) is 0 Å². The topological polar surface area (TPSA) is 132 Å². The fourth-order valence-electron chi connectivity index (χ4n) is 3.24. The number of carbonyl (C=O) groups is 1. The molecule has 30 heavy (non-hydrogen) atoms. The van der Waals surface area contributed by atoms with Crippen molar-refractivity contribution < 1.29 is 33.3 Å². The van der Waals surface area contributed by atoms with Crippen LogP contribution in [0.1, 0.15) is 24.5 Å². The van der Waals surface area contributed by atoms with Gasteiger partial charge in [0.2, 0.25) is 18.3 Å². The Hall–Kier alpha value is -3.92. The standard InChI is InChI=1S/C20H19N3O7/c1-4-27-20(24)15-7-12(30-23-15)6-14-13(5-11(8-21)9-22)16(25-2)18-19(17(14)26-3)29-10-28-18/h5,12H,4,6-7,10H2,1-3H3/t12-/m1/s1. The number of rotatable bonds is 7. The normalized spacial score (nSPS) is 15.9. The number of carbonyl (C=O) groups excluding carboxylic acids is 1. The fourth-order valence-corrected chi connectivity index (χ4v) is 3.24. The van der Waals surface area contributed by atoms with Crippen LogP contribution in [0.15, 0.2) is 10.7 Å². The number of esters is 1. The Balaban J connectivity index is 2.05. The van der Waals surface area contributed by atoms with Gasteiger partial charge in [-0.1, -0.05) is 5.16 Å². The van der Waals surface area contributed by atoms with Gasteiger partial charge in [0.1, 0.15) is 23.8 Å². The van der Waals surface area contributed by atoms with Crippen LogP contribution in [0.5, 0.6) is 23.0 Å². The Kier molecular flexibility index (Phi) is 6.28. The molecule has 1 atom stereocenters. The number of nitrogens with zero attached hydrogens (tertiary/aromatic N) is 3. The SMILES string of the molecule is CCOC(=O)C1=NO[C@H](Cc2c(C=C(C#N)C#N)c(OC)c3c(c2OC)OCO3)C1. The molecule has 0 spiro atoms. The van der Waals surface area contributed by atoms with Crippen molar-refractivity contribution in [3.63, 3.8) is 0 Å². The first-order valence-corrected chi connectivity index (χ1v) is 9.05. The maximum absolute atomic E-state index is 11.9. The molecule has 10 heteroatoms. The van der Waals surface area contributed by atoms with Crippen LogP contribution in [0.2, 0.25) is 0 Å². The first-order chi connectivity index (χ1) is 14.6. The third-order valence-electron chi connectivity index (χ3n) is 4.48. The molecule has 0 N–H and O–H groups in total. The number of fused-ring (bicyclic) bond motifs is 1. The van der Waals surface area contributed by atoms with E-state index in [0.717, 1.165) is 0 Å². The highest BCUT2D eigenvalue weighted by molar-refractivity contribution is 6.36. The summed E-state index contributed by atoms with van der Waals surface area (Å²) < 4.78 is 27.1. The van der Waals surface area contributed by atoms with Gasteiger partial charge >= 0.3 is 5.97 Å². The van der Waals surface area contributed by atoms with Crippen molar-refractivity contribution >= 4 is 17.8 Å². The molecule has 0 bridgehead atoms. The molecule has 0 amide bonds. The van der Waals surface area contributed by atoms with Crippen molar-refractivity contribution in [1.29, 1.82) is 10.5 Å². The van der Waals surface area contributed by atoms with Gasteiger partial charge in [0.25, 0.3) is 0 Å². The molecule has 1 aromatic rings. The molecular weight excluding hydrogens is 394 g/mol. The van der Waals surface area contributed by atoms with Gasteiger partial charge in [-0.15, -0.1) is 0 Å². The highest BCUT2D eigenvalue weighted by Gasteiger charge is 2.34. The van der Waals surface area contributed by atoms with E-state index in [-0.39, 0.29) is 37.5 Å². The van der Waals surface area contributed by atoms with Crippen LogP contribution < -0.4 is 18.9 Å². The van der Waals surface area contributed by atoms with Crippen molar-refractivity contribution in [2.75, 3.05) is 27.6 Å². The van der Waals surface area contributed by atoms with E-state index < -0.39 is 12.1 Å². The monoisotopic (exact) mass is 413 g/mol. The predicted octanol–water partition coefficient (Wildman–Crippen LogP) is 2.11. The number of methoxy groups -OCH3 is 2. The zero-order valence-electron chi connectivity index (χ0n) is 16.7. The molecular formula is C20H19N3O7. The van der Waals surface area contributed by atoms with Crippen LogP contribution in [0, 0.1) is 22.7 Å². The molecule has 0 aromatic heterocycles. The molecule has 10 nitrogen and oxygen atoms in total. The highest BCUT2D eigenvalue weighted by Crippen LogP contribution is 2.53. The number of allylic oxidation sites excluding steroid dienone is 1. The number of nitriles is 2. The van der Waals surface area contributed by atoms with Crippen molar-refractivity contribution in [1.82, 2.24) is 0 Å². The number of ether oxygens (including phenoxy) is 5. The van der Waals surface area contributed by atoms with Gasteiger partial charge < -0.3 is 28.5 Å². The first kappa shape index (κ1) is 20.8. The molecule has 1 aromatic carbocycles. The lowest BCUT2D eigenvalue weighted by Crippen LogP contribution is -2.19. The zero-order valence-corrected chi connectivity index (χ0v) is 16.7. The van der Waals surface area contributed by atoms with Crippen LogP contribution in [0.4, 0.5) is 0 Å². The third-order valence-corrected chi connectivity index (χ3v) is 4.48. The Morgan fingerprint density at radius 3 is 2.47 bits per heavy atom. The molecule has 156 valence electrons. The lowest BCUT2D eigenvalue weighted by molar-refractivity contribution is -0.135. The van der Waals surface area contributed by atoms with Crippen molar-refractivity contribution in [3.05, 3.63) is 16.7 Å². The van der Waals surface area contributed by atoms with Crippen LogP contribution in [-0.2, 0) is 20.8 Å². The summed E-state index contributed by atoms with van der Waals surface area (Å²) in [6.45, 7) is 1.90. The molecule has 0 aliphatic carbocycles. The second-order valence-electron chi connectivity index (χ2n) is 6.20. The van der Waals surface area contributed by atoms with E-state index >= 15 is 0 Å². The van der Waals surface area contributed by atoms with Gasteiger partial charge in [0, 0.05) is 24.0 Å². The molecule has 3 rings (SSSR count). The molecule has 0 unspecified atom stereocenters. The second kappa shape index (κ2) is 9.05. The molecule has 2 aliphatic heterocycles. The molecule has 0 saturated heterocycles. The summed E-state index contributed by atoms with van der Waals surface area (Å²) in [7, 11) is 2.91. The van der Waals surface area contributed by atoms with E-state index in [1.165, 1.54) is 20.3 Å². The number of oxime groups is 1. The van der Waals surface area contributed by atoms with E-state index in [1.54, 1.807) is 6.92 Å². The second-order valence-corrected chi connectivity index (χ2v) is 6.20. The molecule has 0 radical (unpaired) electrons. The average molecular weight is 413 g/mol. The summed E-state index contributed by atoms with van der Waals surface area (Å²) in [4.78, 5) is 17.3. The van der Waals surface area contributed by atoms with Crippen LogP contribution >= 0.6 is 0 Å². The first-order valence-electron chi connectivity index (χ1n) is 9.05. The van der Waals surface area contributed by atoms with E-state index in [4.69, 9.17) is 28.5 Å². The van der Waals surface area contributed by atoms with Crippen molar-refractivity contribution in [3.8, 4) is 35.1 Å². The van der Waals surface area contributed by atoms with Gasteiger partial charge in [0.15, 0.2) is 17.2 Å². The molecule has 0 saturated carbocycles. The van der Waals surface area contributed by atoms with Crippen LogP contribution in [0.3, 0.4) is 0 Å². The Morgan fingerprint density at radius 1 is 1.20 bits per heavy atom. The summed E-state index contributed by atoms with van der Waals surface area (Å²) in [6, 6.07) is 3.66. The minimum atomic E-state index is -0.536. The quantitative estimate of drug-likeness (QED) is 0.487. The maximum Gasteiger partial charge on any atom is 0.356 e. The summed E-state index contributed by atoms with van der Waals surface area (Å²) in [5.74, 6) is 0.785. The molecule has 2 aliphatic rings. The Bertz CT molecular complexity index is 985. The number of hydrogen-bond donors (Lipinski definition) is 0. The summed E-state index contributed by atoms with van der Waals surface area (Å²) in [5, 5.41) is 22.3. The minimum Gasteiger partial charge on any atom is -0.492 e. The fraction of sp³-hybridized carbons (Fsp3) is 0.400. The summed E-state index contributed by atoms with van der Waals surface area (Å²) >= 11 is 0. The van der Waals surface area contributed by atoms with E-state index in [2.05, 4.69) is 5.16 Å². The number of hydrogen-bond acceptors (Lipinski definition) is 10. The summed E-state index contributed by atoms with van der Waals surface area (Å²) in [5.41, 5.74) is 1.03. The van der Waals surface area contributed by atoms with Crippen LogP contribution in [0.25, 0.3) is 6.08 Å². The van der Waals surface area contributed by atoms with Gasteiger partial charge in [-0.25, -0.2) is 4.79 Å². The van der Waals surface area contributed by atoms with Crippen LogP contribution in [-0.4, -0.2) is 45.4 Å². The largest absolute Gasteiger partial charge is 0.492 e.